The van der Waals surface area contributed by atoms with Crippen LogP contribution >= 0.6 is 0 Å². The van der Waals surface area contributed by atoms with Crippen LogP contribution in [0.5, 0.6) is 0 Å². The zero-order valence-corrected chi connectivity index (χ0v) is 14.0. The predicted molar refractivity (Wildman–Crippen MR) is 91.0 cm³/mol. The highest BCUT2D eigenvalue weighted by atomic mass is 16.2. The lowest BCUT2D eigenvalue weighted by Crippen LogP contribution is -2.44. The van der Waals surface area contributed by atoms with Gasteiger partial charge in [0, 0.05) is 12.6 Å². The Morgan fingerprint density at radius 2 is 1.60 bits per heavy atom. The number of benzene rings is 1. The minimum atomic E-state index is -0.212. The first-order chi connectivity index (χ1) is 12.1. The van der Waals surface area contributed by atoms with Gasteiger partial charge in [0.15, 0.2) is 0 Å². The van der Waals surface area contributed by atoms with Crippen LogP contribution < -0.4 is 4.90 Å². The van der Waals surface area contributed by atoms with Crippen molar-refractivity contribution in [3.8, 4) is 0 Å². The monoisotopic (exact) mass is 336 g/mol. The first kappa shape index (κ1) is 14.9. The molecule has 6 rings (SSSR count). The smallest absolute Gasteiger partial charge is 0.235 e. The van der Waals surface area contributed by atoms with Gasteiger partial charge >= 0.3 is 0 Å². The molecule has 5 heteroatoms. The van der Waals surface area contributed by atoms with Gasteiger partial charge in [-0.2, -0.15) is 0 Å². The largest absolute Gasteiger partial charge is 0.294 e. The average molecular weight is 336 g/mol. The molecule has 3 amide bonds. The molecule has 3 fully saturated rings. The van der Waals surface area contributed by atoms with Crippen molar-refractivity contribution in [1.82, 2.24) is 4.90 Å². The number of nitrogens with zero attached hydrogens (tertiary/aromatic N) is 2. The van der Waals surface area contributed by atoms with E-state index in [1.54, 1.807) is 0 Å². The number of rotatable bonds is 3. The highest BCUT2D eigenvalue weighted by molar-refractivity contribution is 6.07. The van der Waals surface area contributed by atoms with Crippen LogP contribution in [0.2, 0.25) is 0 Å². The topological polar surface area (TPSA) is 57.7 Å². The maximum absolute atomic E-state index is 13.0. The number of amides is 3. The fourth-order valence-electron chi connectivity index (χ4n) is 5.27. The number of hydrogen-bond acceptors (Lipinski definition) is 3. The molecule has 0 spiro atoms. The van der Waals surface area contributed by atoms with Crippen molar-refractivity contribution in [3.05, 3.63) is 42.5 Å². The fraction of sp³-hybridized carbons (Fsp3) is 0.450. The molecule has 5 nitrogen and oxygen atoms in total. The van der Waals surface area contributed by atoms with Crippen LogP contribution in [-0.4, -0.2) is 29.3 Å². The van der Waals surface area contributed by atoms with Crippen LogP contribution in [0.15, 0.2) is 42.5 Å². The minimum absolute atomic E-state index is 0.0127. The Labute approximate surface area is 146 Å². The molecule has 2 bridgehead atoms. The van der Waals surface area contributed by atoms with Gasteiger partial charge in [-0.05, 0) is 42.2 Å². The molecule has 2 saturated carbocycles. The van der Waals surface area contributed by atoms with Crippen molar-refractivity contribution in [2.24, 2.45) is 35.5 Å². The molecule has 1 aliphatic heterocycles. The Kier molecular flexibility index (Phi) is 3.00. The first-order valence-electron chi connectivity index (χ1n) is 8.94. The zero-order chi connectivity index (χ0) is 17.3. The van der Waals surface area contributed by atoms with E-state index in [1.165, 1.54) is 16.7 Å². The van der Waals surface area contributed by atoms with E-state index >= 15 is 0 Å². The lowest BCUT2D eigenvalue weighted by molar-refractivity contribution is -0.140. The van der Waals surface area contributed by atoms with Crippen LogP contribution in [0.3, 0.4) is 0 Å². The van der Waals surface area contributed by atoms with E-state index in [9.17, 15) is 14.4 Å². The molecule has 25 heavy (non-hydrogen) atoms. The predicted octanol–water partition coefficient (Wildman–Crippen LogP) is 2.05. The van der Waals surface area contributed by atoms with Crippen LogP contribution in [0.4, 0.5) is 5.69 Å². The van der Waals surface area contributed by atoms with Gasteiger partial charge < -0.3 is 0 Å². The second kappa shape index (κ2) is 5.04. The van der Waals surface area contributed by atoms with E-state index in [0.717, 1.165) is 6.42 Å². The molecule has 1 heterocycles. The van der Waals surface area contributed by atoms with Gasteiger partial charge in [0.1, 0.15) is 6.67 Å². The highest BCUT2D eigenvalue weighted by Gasteiger charge is 2.67. The number of allylic oxidation sites excluding steroid dienone is 2. The summed E-state index contributed by atoms with van der Waals surface area (Å²) in [4.78, 5) is 41.0. The molecular formula is C20H20N2O3. The third-order valence-electron chi connectivity index (χ3n) is 6.48. The van der Waals surface area contributed by atoms with Crippen molar-refractivity contribution < 1.29 is 14.4 Å². The summed E-state index contributed by atoms with van der Waals surface area (Å²) in [6, 6.07) is 9.20. The second-order valence-corrected chi connectivity index (χ2v) is 7.68. The van der Waals surface area contributed by atoms with Crippen molar-refractivity contribution in [1.29, 1.82) is 0 Å². The Balaban J connectivity index is 1.45. The zero-order valence-electron chi connectivity index (χ0n) is 14.0. The second-order valence-electron chi connectivity index (χ2n) is 7.68. The van der Waals surface area contributed by atoms with Gasteiger partial charge in [-0.25, -0.2) is 0 Å². The van der Waals surface area contributed by atoms with Gasteiger partial charge in [0.05, 0.1) is 11.8 Å². The van der Waals surface area contributed by atoms with Crippen molar-refractivity contribution in [3.63, 3.8) is 0 Å². The van der Waals surface area contributed by atoms with Gasteiger partial charge in [0.2, 0.25) is 17.7 Å². The lowest BCUT2D eigenvalue weighted by Gasteiger charge is -2.37. The molecule has 1 saturated heterocycles. The highest BCUT2D eigenvalue weighted by Crippen LogP contribution is 2.65. The third-order valence-corrected chi connectivity index (χ3v) is 6.48. The molecule has 1 aromatic rings. The van der Waals surface area contributed by atoms with Crippen LogP contribution in [0.1, 0.15) is 13.3 Å². The third kappa shape index (κ3) is 1.98. The molecule has 1 aromatic carbocycles. The summed E-state index contributed by atoms with van der Waals surface area (Å²) in [5.74, 6) is 0.811. The van der Waals surface area contributed by atoms with Crippen LogP contribution in [-0.2, 0) is 14.4 Å². The van der Waals surface area contributed by atoms with Crippen molar-refractivity contribution in [2.75, 3.05) is 11.6 Å². The molecule has 6 atom stereocenters. The maximum atomic E-state index is 13.0. The standard InChI is InChI=1S/C20H20N2O3/c1-11(23)21(12-5-3-2-4-6-12)10-22-19(24)17-13-7-8-14(16-9-15(13)16)18(17)20(22)25/h2-8,13-18H,9-10H2,1H3/t13-,14-,15-,16+,17-,18+/m0/s1. The summed E-state index contributed by atoms with van der Waals surface area (Å²) in [6.45, 7) is 1.48. The van der Waals surface area contributed by atoms with Crippen molar-refractivity contribution >= 4 is 23.4 Å². The Morgan fingerprint density at radius 3 is 2.12 bits per heavy atom. The number of carbonyl (C=O) groups excluding carboxylic acids is 3. The normalized spacial score (nSPS) is 37.1. The minimum Gasteiger partial charge on any atom is -0.294 e. The molecule has 0 aromatic heterocycles. The van der Waals surface area contributed by atoms with Crippen LogP contribution in [0.25, 0.3) is 0 Å². The van der Waals surface area contributed by atoms with Gasteiger partial charge in [-0.3, -0.25) is 24.2 Å². The number of anilines is 1. The Bertz CT molecular complexity index is 766. The molecule has 5 aliphatic rings. The summed E-state index contributed by atoms with van der Waals surface area (Å²) in [6.07, 6.45) is 5.47. The van der Waals surface area contributed by atoms with E-state index in [1.807, 2.05) is 30.3 Å². The van der Waals surface area contributed by atoms with E-state index in [-0.39, 0.29) is 48.1 Å². The lowest BCUT2D eigenvalue weighted by atomic mass is 9.63. The van der Waals surface area contributed by atoms with Crippen LogP contribution in [0, 0.1) is 35.5 Å². The van der Waals surface area contributed by atoms with Gasteiger partial charge in [0.25, 0.3) is 0 Å². The first-order valence-corrected chi connectivity index (χ1v) is 8.94. The number of imide groups is 1. The summed E-state index contributed by atoms with van der Waals surface area (Å²) < 4.78 is 0. The van der Waals surface area contributed by atoms with E-state index in [2.05, 4.69) is 12.2 Å². The van der Waals surface area contributed by atoms with Crippen molar-refractivity contribution in [2.45, 2.75) is 13.3 Å². The molecule has 0 N–H and O–H groups in total. The quantitative estimate of drug-likeness (QED) is 0.627. The Morgan fingerprint density at radius 1 is 1.04 bits per heavy atom. The molecular weight excluding hydrogens is 316 g/mol. The van der Waals surface area contributed by atoms with Gasteiger partial charge in [-0.1, -0.05) is 30.4 Å². The number of likely N-dealkylation sites (tertiary alicyclic amines) is 1. The fourth-order valence-corrected chi connectivity index (χ4v) is 5.27. The molecule has 4 aliphatic carbocycles. The van der Waals surface area contributed by atoms with E-state index in [0.29, 0.717) is 17.5 Å². The van der Waals surface area contributed by atoms with E-state index in [4.69, 9.17) is 0 Å². The summed E-state index contributed by atoms with van der Waals surface area (Å²) >= 11 is 0. The maximum Gasteiger partial charge on any atom is 0.235 e. The summed E-state index contributed by atoms with van der Waals surface area (Å²) in [5.41, 5.74) is 0.703. The molecule has 0 radical (unpaired) electrons. The van der Waals surface area contributed by atoms with E-state index < -0.39 is 0 Å². The molecule has 128 valence electrons. The SMILES string of the molecule is CC(=O)N(CN1C(=O)[C@@H]2[C@H]3C=C[C@@H]([C@@H]4C[C@H]34)[C@@H]2C1=O)c1ccccc1. The summed E-state index contributed by atoms with van der Waals surface area (Å²) in [5, 5.41) is 0. The average Bonchev–Trinajstić information content (AvgIpc) is 3.40. The molecule has 0 unspecified atom stereocenters. The number of hydrogen-bond donors (Lipinski definition) is 0. The van der Waals surface area contributed by atoms with Gasteiger partial charge in [-0.15, -0.1) is 0 Å². The number of para-hydroxylation sites is 1. The number of carbonyl (C=O) groups is 3. The Hall–Kier alpha value is -2.43. The summed E-state index contributed by atoms with van der Waals surface area (Å²) in [7, 11) is 0.